The predicted octanol–water partition coefficient (Wildman–Crippen LogP) is 3.20. The minimum Gasteiger partial charge on any atom is -0.339 e. The Morgan fingerprint density at radius 2 is 2.00 bits per heavy atom. The van der Waals surface area contributed by atoms with Gasteiger partial charge >= 0.3 is 6.18 Å². The predicted molar refractivity (Wildman–Crippen MR) is 81.7 cm³/mol. The van der Waals surface area contributed by atoms with Gasteiger partial charge in [0, 0.05) is 18.1 Å². The molecule has 130 valence electrons. The quantitative estimate of drug-likeness (QED) is 0.933. The van der Waals surface area contributed by atoms with E-state index >= 15 is 0 Å². The molecule has 0 spiro atoms. The van der Waals surface area contributed by atoms with Crippen molar-refractivity contribution in [1.82, 2.24) is 19.7 Å². The van der Waals surface area contributed by atoms with Crippen LogP contribution in [0.2, 0.25) is 0 Å². The number of hydrogen-bond donors (Lipinski definition) is 1. The molecule has 1 atom stereocenters. The van der Waals surface area contributed by atoms with Crippen LogP contribution in [0.3, 0.4) is 0 Å². The standard InChI is InChI=1S/C16H19F3N4O/c1-9-8-23-10(2)7-20-12(14(23)21-9)15(24)22-13(16(17,18)19)11-5-3-4-6-11/h7-8,11,13H,3-6H2,1-2H3,(H,22,24). The number of imidazole rings is 1. The van der Waals surface area contributed by atoms with E-state index in [2.05, 4.69) is 15.3 Å². The largest absolute Gasteiger partial charge is 0.408 e. The van der Waals surface area contributed by atoms with Crippen LogP contribution in [0.5, 0.6) is 0 Å². The van der Waals surface area contributed by atoms with Crippen LogP contribution in [0.15, 0.2) is 12.4 Å². The van der Waals surface area contributed by atoms with Crippen LogP contribution in [0.1, 0.15) is 47.6 Å². The molecular formula is C16H19F3N4O. The van der Waals surface area contributed by atoms with Crippen molar-refractivity contribution >= 4 is 11.6 Å². The van der Waals surface area contributed by atoms with Gasteiger partial charge in [0.2, 0.25) is 0 Å². The van der Waals surface area contributed by atoms with Crippen LogP contribution < -0.4 is 5.32 Å². The highest BCUT2D eigenvalue weighted by molar-refractivity contribution is 5.98. The summed E-state index contributed by atoms with van der Waals surface area (Å²) in [4.78, 5) is 20.7. The summed E-state index contributed by atoms with van der Waals surface area (Å²) < 4.78 is 41.8. The van der Waals surface area contributed by atoms with Gasteiger partial charge in [-0.1, -0.05) is 12.8 Å². The van der Waals surface area contributed by atoms with Crippen LogP contribution in [-0.4, -0.2) is 32.5 Å². The van der Waals surface area contributed by atoms with Gasteiger partial charge in [-0.3, -0.25) is 4.79 Å². The first-order chi connectivity index (χ1) is 11.3. The molecule has 5 nitrogen and oxygen atoms in total. The molecule has 1 fully saturated rings. The second kappa shape index (κ2) is 6.07. The van der Waals surface area contributed by atoms with E-state index < -0.39 is 24.0 Å². The van der Waals surface area contributed by atoms with Gasteiger partial charge in [0.05, 0.1) is 5.69 Å². The maximum atomic E-state index is 13.4. The third-order valence-corrected chi connectivity index (χ3v) is 4.52. The van der Waals surface area contributed by atoms with Gasteiger partial charge in [0.25, 0.3) is 5.91 Å². The molecule has 1 saturated carbocycles. The first-order valence-corrected chi connectivity index (χ1v) is 7.96. The van der Waals surface area contributed by atoms with Crippen molar-refractivity contribution in [3.8, 4) is 0 Å². The molecule has 1 N–H and O–H groups in total. The Kier molecular flexibility index (Phi) is 4.23. The van der Waals surface area contributed by atoms with Crippen molar-refractivity contribution in [3.05, 3.63) is 29.5 Å². The van der Waals surface area contributed by atoms with Crippen molar-refractivity contribution in [2.45, 2.75) is 51.7 Å². The van der Waals surface area contributed by atoms with E-state index in [0.717, 1.165) is 18.5 Å². The molecule has 8 heteroatoms. The van der Waals surface area contributed by atoms with Gasteiger partial charge in [-0.25, -0.2) is 9.97 Å². The van der Waals surface area contributed by atoms with Gasteiger partial charge in [-0.2, -0.15) is 13.2 Å². The third-order valence-electron chi connectivity index (χ3n) is 4.52. The summed E-state index contributed by atoms with van der Waals surface area (Å²) >= 11 is 0. The SMILES string of the molecule is Cc1cn2c(C)cnc(C(=O)NC(C3CCCC3)C(F)(F)F)c2n1. The zero-order chi connectivity index (χ0) is 17.5. The highest BCUT2D eigenvalue weighted by Crippen LogP contribution is 2.35. The molecule has 0 bridgehead atoms. The Bertz CT molecular complexity index is 763. The Morgan fingerprint density at radius 3 is 2.62 bits per heavy atom. The number of rotatable bonds is 3. The fraction of sp³-hybridized carbons (Fsp3) is 0.562. The molecule has 24 heavy (non-hydrogen) atoms. The summed E-state index contributed by atoms with van der Waals surface area (Å²) in [7, 11) is 0. The monoisotopic (exact) mass is 340 g/mol. The van der Waals surface area contributed by atoms with E-state index in [4.69, 9.17) is 0 Å². The number of aromatic nitrogens is 3. The van der Waals surface area contributed by atoms with E-state index in [-0.39, 0.29) is 11.3 Å². The molecule has 1 aliphatic rings. The fourth-order valence-electron chi connectivity index (χ4n) is 3.34. The first kappa shape index (κ1) is 16.7. The highest BCUT2D eigenvalue weighted by atomic mass is 19.4. The second-order valence-corrected chi connectivity index (χ2v) is 6.36. The average Bonchev–Trinajstić information content (AvgIpc) is 3.13. The van der Waals surface area contributed by atoms with Gasteiger partial charge in [-0.05, 0) is 32.6 Å². The molecule has 1 aliphatic carbocycles. The number of carbonyl (C=O) groups is 1. The zero-order valence-corrected chi connectivity index (χ0v) is 13.5. The summed E-state index contributed by atoms with van der Waals surface area (Å²) in [6.45, 7) is 3.55. The number of fused-ring (bicyclic) bond motifs is 1. The number of halogens is 3. The smallest absolute Gasteiger partial charge is 0.339 e. The minimum absolute atomic E-state index is 0.0825. The van der Waals surface area contributed by atoms with Crippen molar-refractivity contribution < 1.29 is 18.0 Å². The molecule has 2 aromatic heterocycles. The van der Waals surface area contributed by atoms with Crippen LogP contribution in [0.25, 0.3) is 5.65 Å². The summed E-state index contributed by atoms with van der Waals surface area (Å²) in [5.74, 6) is -1.41. The molecule has 1 unspecified atom stereocenters. The molecule has 0 aromatic carbocycles. The number of nitrogens with one attached hydrogen (secondary N) is 1. The van der Waals surface area contributed by atoms with Crippen molar-refractivity contribution in [3.63, 3.8) is 0 Å². The van der Waals surface area contributed by atoms with E-state index in [9.17, 15) is 18.0 Å². The zero-order valence-electron chi connectivity index (χ0n) is 13.5. The highest BCUT2D eigenvalue weighted by Gasteiger charge is 2.46. The Morgan fingerprint density at radius 1 is 1.33 bits per heavy atom. The number of alkyl halides is 3. The summed E-state index contributed by atoms with van der Waals surface area (Å²) in [6.07, 6.45) is 1.19. The maximum absolute atomic E-state index is 13.4. The molecule has 3 rings (SSSR count). The number of nitrogens with zero attached hydrogens (tertiary/aromatic N) is 3. The third kappa shape index (κ3) is 3.09. The van der Waals surface area contributed by atoms with Gasteiger partial charge < -0.3 is 9.72 Å². The van der Waals surface area contributed by atoms with E-state index in [1.165, 1.54) is 6.20 Å². The molecule has 0 radical (unpaired) electrons. The summed E-state index contributed by atoms with van der Waals surface area (Å²) in [5.41, 5.74) is 1.62. The van der Waals surface area contributed by atoms with Crippen LogP contribution in [0.4, 0.5) is 13.2 Å². The van der Waals surface area contributed by atoms with Crippen LogP contribution in [0, 0.1) is 19.8 Å². The second-order valence-electron chi connectivity index (χ2n) is 6.36. The van der Waals surface area contributed by atoms with Crippen molar-refractivity contribution in [2.75, 3.05) is 0 Å². The van der Waals surface area contributed by atoms with Crippen LogP contribution >= 0.6 is 0 Å². The molecule has 2 aromatic rings. The Hall–Kier alpha value is -2.12. The van der Waals surface area contributed by atoms with Gasteiger partial charge in [0.15, 0.2) is 11.3 Å². The Balaban J connectivity index is 1.92. The topological polar surface area (TPSA) is 59.3 Å². The maximum Gasteiger partial charge on any atom is 0.408 e. The van der Waals surface area contributed by atoms with Crippen LogP contribution in [-0.2, 0) is 0 Å². The van der Waals surface area contributed by atoms with E-state index in [1.807, 2.05) is 0 Å². The number of amides is 1. The lowest BCUT2D eigenvalue weighted by atomic mass is 9.97. The molecule has 0 saturated heterocycles. The first-order valence-electron chi connectivity index (χ1n) is 7.96. The van der Waals surface area contributed by atoms with Gasteiger partial charge in [0.1, 0.15) is 6.04 Å². The average molecular weight is 340 g/mol. The summed E-state index contributed by atoms with van der Waals surface area (Å²) in [6, 6.07) is -1.84. The lowest BCUT2D eigenvalue weighted by molar-refractivity contribution is -0.164. The van der Waals surface area contributed by atoms with E-state index in [1.54, 1.807) is 24.4 Å². The van der Waals surface area contributed by atoms with Crippen molar-refractivity contribution in [1.29, 1.82) is 0 Å². The van der Waals surface area contributed by atoms with Crippen molar-refractivity contribution in [2.24, 2.45) is 5.92 Å². The Labute approximate surface area is 137 Å². The summed E-state index contributed by atoms with van der Waals surface area (Å²) in [5, 5.41) is 2.16. The molecular weight excluding hydrogens is 321 g/mol. The van der Waals surface area contributed by atoms with Gasteiger partial charge in [-0.15, -0.1) is 0 Å². The molecule has 0 aliphatic heterocycles. The number of aryl methyl sites for hydroxylation is 2. The number of carbonyl (C=O) groups excluding carboxylic acids is 1. The minimum atomic E-state index is -4.48. The molecule has 1 amide bonds. The van der Waals surface area contributed by atoms with E-state index in [0.29, 0.717) is 18.5 Å². The fourth-order valence-corrected chi connectivity index (χ4v) is 3.34. The normalized spacial score (nSPS) is 17.4. The molecule has 2 heterocycles. The number of hydrogen-bond acceptors (Lipinski definition) is 3. The lowest BCUT2D eigenvalue weighted by Crippen LogP contribution is -2.49. The lowest BCUT2D eigenvalue weighted by Gasteiger charge is -2.26.